The molecule has 2 heterocycles. The van der Waals surface area contributed by atoms with Crippen LogP contribution >= 0.6 is 22.9 Å². The van der Waals surface area contributed by atoms with Crippen LogP contribution in [0.5, 0.6) is 16.7 Å². The standard InChI is InChI=1S/C29H32ClN3O5S/c1-3-36-27(34)6-4-5-22-15-21(13-14-31-22)28(35)33-19(2)7-11-24-17-32-29(39-24)38-26-12-10-23(16-25(26)30)37-18-20-8-9-20/h7,10-17,19-20H,3-6,8-9,18H2,1-2H3,(H,33,35)/b11-7+/t19-/m0/s1. The SMILES string of the molecule is CCOC(=O)CCCc1cc(C(=O)N[C@@H](C)/C=C/c2cnc(Oc3ccc(OCC4CC4)cc3Cl)s2)ccn1. The van der Waals surface area contributed by atoms with E-state index in [2.05, 4.69) is 15.3 Å². The molecule has 1 fully saturated rings. The van der Waals surface area contributed by atoms with E-state index in [4.69, 9.17) is 25.8 Å². The van der Waals surface area contributed by atoms with Crippen LogP contribution in [0.15, 0.2) is 48.8 Å². The first-order valence-electron chi connectivity index (χ1n) is 13.0. The number of nitrogens with one attached hydrogen (secondary N) is 1. The van der Waals surface area contributed by atoms with E-state index < -0.39 is 0 Å². The van der Waals surface area contributed by atoms with Crippen molar-refractivity contribution >= 4 is 40.9 Å². The molecule has 4 rings (SSSR count). The molecule has 0 saturated heterocycles. The number of pyridine rings is 1. The smallest absolute Gasteiger partial charge is 0.305 e. The molecule has 1 aliphatic carbocycles. The molecule has 10 heteroatoms. The summed E-state index contributed by atoms with van der Waals surface area (Å²) in [6, 6.07) is 8.59. The number of aromatic nitrogens is 2. The number of ether oxygens (including phenoxy) is 3. The molecule has 1 N–H and O–H groups in total. The highest BCUT2D eigenvalue weighted by molar-refractivity contribution is 7.14. The van der Waals surface area contributed by atoms with Gasteiger partial charge in [-0.25, -0.2) is 4.98 Å². The minimum atomic E-state index is -0.224. The molecule has 1 aromatic carbocycles. The highest BCUT2D eigenvalue weighted by Gasteiger charge is 2.22. The van der Waals surface area contributed by atoms with Gasteiger partial charge in [0, 0.05) is 42.2 Å². The van der Waals surface area contributed by atoms with E-state index in [0.717, 1.165) is 22.9 Å². The zero-order chi connectivity index (χ0) is 27.6. The second-order valence-corrected chi connectivity index (χ2v) is 10.7. The van der Waals surface area contributed by atoms with E-state index in [1.54, 1.807) is 43.6 Å². The minimum Gasteiger partial charge on any atom is -0.493 e. The minimum absolute atomic E-state index is 0.200. The maximum absolute atomic E-state index is 12.7. The summed E-state index contributed by atoms with van der Waals surface area (Å²) in [6.07, 6.45) is 11.1. The van der Waals surface area contributed by atoms with Crippen LogP contribution in [0.2, 0.25) is 5.02 Å². The molecule has 0 unspecified atom stereocenters. The largest absolute Gasteiger partial charge is 0.493 e. The van der Waals surface area contributed by atoms with Crippen LogP contribution in [0.25, 0.3) is 6.08 Å². The lowest BCUT2D eigenvalue weighted by Gasteiger charge is -2.10. The van der Waals surface area contributed by atoms with Gasteiger partial charge in [-0.2, -0.15) is 0 Å². The van der Waals surface area contributed by atoms with Crippen LogP contribution in [-0.2, 0) is 16.0 Å². The fraction of sp³-hybridized carbons (Fsp3) is 0.379. The molecule has 0 aliphatic heterocycles. The van der Waals surface area contributed by atoms with Crippen molar-refractivity contribution in [2.24, 2.45) is 5.92 Å². The van der Waals surface area contributed by atoms with Crippen molar-refractivity contribution in [1.82, 2.24) is 15.3 Å². The van der Waals surface area contributed by atoms with E-state index in [9.17, 15) is 9.59 Å². The van der Waals surface area contributed by atoms with Crippen LogP contribution in [0.1, 0.15) is 60.5 Å². The maximum Gasteiger partial charge on any atom is 0.305 e. The predicted molar refractivity (Wildman–Crippen MR) is 152 cm³/mol. The van der Waals surface area contributed by atoms with Crippen molar-refractivity contribution in [2.75, 3.05) is 13.2 Å². The molecule has 39 heavy (non-hydrogen) atoms. The molecule has 1 amide bonds. The molecule has 0 spiro atoms. The number of halogens is 1. The maximum atomic E-state index is 12.7. The summed E-state index contributed by atoms with van der Waals surface area (Å²) in [5, 5.41) is 3.89. The van der Waals surface area contributed by atoms with Crippen molar-refractivity contribution in [2.45, 2.75) is 52.0 Å². The Balaban J connectivity index is 1.25. The van der Waals surface area contributed by atoms with Gasteiger partial charge in [0.25, 0.3) is 11.1 Å². The molecular weight excluding hydrogens is 538 g/mol. The van der Waals surface area contributed by atoms with Crippen LogP contribution in [-0.4, -0.2) is 41.1 Å². The zero-order valence-corrected chi connectivity index (χ0v) is 23.6. The average Bonchev–Trinajstić information content (AvgIpc) is 3.65. The van der Waals surface area contributed by atoms with Crippen molar-refractivity contribution < 1.29 is 23.8 Å². The Labute approximate surface area is 237 Å². The Morgan fingerprint density at radius 3 is 2.85 bits per heavy atom. The summed E-state index contributed by atoms with van der Waals surface area (Å²) in [5.41, 5.74) is 1.28. The summed E-state index contributed by atoms with van der Waals surface area (Å²) >= 11 is 7.74. The van der Waals surface area contributed by atoms with Gasteiger partial charge in [-0.15, -0.1) is 0 Å². The fourth-order valence-electron chi connectivity index (χ4n) is 3.62. The molecule has 2 aromatic heterocycles. The molecule has 0 bridgehead atoms. The third kappa shape index (κ3) is 9.37. The lowest BCUT2D eigenvalue weighted by atomic mass is 10.1. The van der Waals surface area contributed by atoms with Crippen molar-refractivity contribution in [3.8, 4) is 16.7 Å². The number of benzene rings is 1. The molecule has 1 atom stereocenters. The first kappa shape index (κ1) is 28.6. The zero-order valence-electron chi connectivity index (χ0n) is 22.0. The summed E-state index contributed by atoms with van der Waals surface area (Å²) in [6.45, 7) is 4.77. The number of esters is 1. The number of carbonyl (C=O) groups is 2. The van der Waals surface area contributed by atoms with E-state index in [0.29, 0.717) is 53.3 Å². The van der Waals surface area contributed by atoms with Gasteiger partial charge in [0.2, 0.25) is 0 Å². The third-order valence-electron chi connectivity index (χ3n) is 5.89. The third-order valence-corrected chi connectivity index (χ3v) is 7.03. The number of carbonyl (C=O) groups excluding carboxylic acids is 2. The number of hydrogen-bond donors (Lipinski definition) is 1. The average molecular weight is 570 g/mol. The Morgan fingerprint density at radius 2 is 2.08 bits per heavy atom. The van der Waals surface area contributed by atoms with Gasteiger partial charge in [-0.05, 0) is 75.8 Å². The Kier molecular flexibility index (Phi) is 10.3. The Hall–Kier alpha value is -3.43. The predicted octanol–water partition coefficient (Wildman–Crippen LogP) is 6.49. The molecular formula is C29H32ClN3O5S. The number of aryl methyl sites for hydroxylation is 1. The number of thiazole rings is 1. The van der Waals surface area contributed by atoms with E-state index in [1.165, 1.54) is 24.2 Å². The molecule has 1 aliphatic rings. The van der Waals surface area contributed by atoms with Crippen LogP contribution in [0.3, 0.4) is 0 Å². The quantitative estimate of drug-likeness (QED) is 0.221. The first-order valence-corrected chi connectivity index (χ1v) is 14.2. The fourth-order valence-corrected chi connectivity index (χ4v) is 4.52. The van der Waals surface area contributed by atoms with Crippen molar-refractivity contribution in [3.63, 3.8) is 0 Å². The summed E-state index contributed by atoms with van der Waals surface area (Å²) in [4.78, 5) is 33.7. The van der Waals surface area contributed by atoms with Gasteiger partial charge in [0.15, 0.2) is 0 Å². The van der Waals surface area contributed by atoms with E-state index in [-0.39, 0.29) is 17.9 Å². The van der Waals surface area contributed by atoms with Gasteiger partial charge in [-0.3, -0.25) is 14.6 Å². The highest BCUT2D eigenvalue weighted by atomic mass is 35.5. The number of nitrogens with zero attached hydrogens (tertiary/aromatic N) is 2. The van der Waals surface area contributed by atoms with Crippen LogP contribution in [0.4, 0.5) is 0 Å². The first-order chi connectivity index (χ1) is 18.9. The topological polar surface area (TPSA) is 99.6 Å². The van der Waals surface area contributed by atoms with Crippen LogP contribution in [0, 0.1) is 5.92 Å². The lowest BCUT2D eigenvalue weighted by molar-refractivity contribution is -0.143. The van der Waals surface area contributed by atoms with Gasteiger partial charge in [-0.1, -0.05) is 29.0 Å². The lowest BCUT2D eigenvalue weighted by Crippen LogP contribution is -2.31. The van der Waals surface area contributed by atoms with Gasteiger partial charge < -0.3 is 19.5 Å². The van der Waals surface area contributed by atoms with Gasteiger partial charge in [0.1, 0.15) is 11.5 Å². The molecule has 3 aromatic rings. The molecule has 206 valence electrons. The second kappa shape index (κ2) is 14.1. The Bertz CT molecular complexity index is 1310. The highest BCUT2D eigenvalue weighted by Crippen LogP contribution is 2.35. The van der Waals surface area contributed by atoms with E-state index in [1.807, 2.05) is 25.1 Å². The number of rotatable bonds is 14. The number of amides is 1. The molecule has 0 radical (unpaired) electrons. The van der Waals surface area contributed by atoms with Crippen molar-refractivity contribution in [1.29, 1.82) is 0 Å². The number of hydrogen-bond acceptors (Lipinski definition) is 8. The summed E-state index contributed by atoms with van der Waals surface area (Å²) < 4.78 is 16.6. The van der Waals surface area contributed by atoms with Gasteiger partial charge >= 0.3 is 5.97 Å². The van der Waals surface area contributed by atoms with E-state index >= 15 is 0 Å². The summed E-state index contributed by atoms with van der Waals surface area (Å²) in [5.74, 6) is 1.49. The van der Waals surface area contributed by atoms with Crippen molar-refractivity contribution in [3.05, 3.63) is 70.0 Å². The molecule has 8 nitrogen and oxygen atoms in total. The van der Waals surface area contributed by atoms with Gasteiger partial charge in [0.05, 0.1) is 23.1 Å². The molecule has 1 saturated carbocycles. The Morgan fingerprint density at radius 1 is 1.23 bits per heavy atom. The van der Waals surface area contributed by atoms with Crippen LogP contribution < -0.4 is 14.8 Å². The summed E-state index contributed by atoms with van der Waals surface area (Å²) in [7, 11) is 0. The monoisotopic (exact) mass is 569 g/mol. The second-order valence-electron chi connectivity index (χ2n) is 9.29. The normalized spacial score (nSPS) is 13.7.